The molecule has 0 aliphatic carbocycles. The number of hydrogen-bond acceptors (Lipinski definition) is 5. The van der Waals surface area contributed by atoms with Crippen molar-refractivity contribution in [3.8, 4) is 6.01 Å². The van der Waals surface area contributed by atoms with Gasteiger partial charge in [0, 0.05) is 11.1 Å². The number of benzene rings is 1. The minimum absolute atomic E-state index is 0.0452. The minimum atomic E-state index is -0.834. The molecule has 20 heavy (non-hydrogen) atoms. The average Bonchev–Trinajstić information content (AvgIpc) is 2.46. The zero-order valence-electron chi connectivity index (χ0n) is 10.3. The van der Waals surface area contributed by atoms with Gasteiger partial charge in [-0.1, -0.05) is 30.3 Å². The van der Waals surface area contributed by atoms with Crippen molar-refractivity contribution < 1.29 is 9.53 Å². The Labute approximate surface area is 113 Å². The number of rotatable bonds is 4. The number of aromatic nitrogens is 2. The van der Waals surface area contributed by atoms with E-state index in [4.69, 9.17) is 16.0 Å². The van der Waals surface area contributed by atoms with E-state index in [9.17, 15) is 4.79 Å². The maximum atomic E-state index is 11.3. The standard InChI is InChI=1S/C12H10N6O2/c13-10-9(11(19)17-18-14)6-15-12(16-10)20-7-8-4-2-1-3-5-8/h1-6H,7H2,(H2,13,15,16). The summed E-state index contributed by atoms with van der Waals surface area (Å²) in [6.45, 7) is 0.282. The van der Waals surface area contributed by atoms with Crippen molar-refractivity contribution in [2.75, 3.05) is 5.73 Å². The molecule has 0 spiro atoms. The van der Waals surface area contributed by atoms with Crippen LogP contribution in [0, 0.1) is 0 Å². The van der Waals surface area contributed by atoms with Crippen molar-refractivity contribution in [2.24, 2.45) is 5.11 Å². The fourth-order valence-corrected chi connectivity index (χ4v) is 1.43. The molecular weight excluding hydrogens is 260 g/mol. The highest BCUT2D eigenvalue weighted by molar-refractivity contribution is 5.98. The lowest BCUT2D eigenvalue weighted by Crippen LogP contribution is -2.07. The Morgan fingerprint density at radius 2 is 2.15 bits per heavy atom. The summed E-state index contributed by atoms with van der Waals surface area (Å²) in [5.74, 6) is -0.930. The summed E-state index contributed by atoms with van der Waals surface area (Å²) in [6.07, 6.45) is 1.17. The van der Waals surface area contributed by atoms with Gasteiger partial charge in [-0.2, -0.15) is 4.98 Å². The predicted octanol–water partition coefficient (Wildman–Crippen LogP) is 2.09. The Hall–Kier alpha value is -3.12. The predicted molar refractivity (Wildman–Crippen MR) is 70.7 cm³/mol. The SMILES string of the molecule is [N-]=[N+]=NC(=O)c1cnc(OCc2ccccc2)nc1N. The lowest BCUT2D eigenvalue weighted by molar-refractivity contribution is 0.100. The maximum Gasteiger partial charge on any atom is 0.318 e. The molecule has 1 amide bonds. The van der Waals surface area contributed by atoms with E-state index in [0.717, 1.165) is 5.56 Å². The van der Waals surface area contributed by atoms with E-state index >= 15 is 0 Å². The molecule has 100 valence electrons. The maximum absolute atomic E-state index is 11.3. The zero-order valence-corrected chi connectivity index (χ0v) is 10.3. The van der Waals surface area contributed by atoms with E-state index in [0.29, 0.717) is 0 Å². The number of hydrogen-bond donors (Lipinski definition) is 1. The highest BCUT2D eigenvalue weighted by Crippen LogP contribution is 2.14. The topological polar surface area (TPSA) is 127 Å². The van der Waals surface area contributed by atoms with Gasteiger partial charge in [0.2, 0.25) is 0 Å². The summed E-state index contributed by atoms with van der Waals surface area (Å²) >= 11 is 0. The van der Waals surface area contributed by atoms with E-state index in [2.05, 4.69) is 20.0 Å². The molecule has 2 rings (SSSR count). The molecule has 0 fully saturated rings. The zero-order chi connectivity index (χ0) is 14.4. The summed E-state index contributed by atoms with van der Waals surface area (Å²) in [4.78, 5) is 21.4. The van der Waals surface area contributed by atoms with Crippen molar-refractivity contribution in [1.29, 1.82) is 0 Å². The number of anilines is 1. The van der Waals surface area contributed by atoms with E-state index in [1.54, 1.807) is 0 Å². The largest absolute Gasteiger partial charge is 0.459 e. The van der Waals surface area contributed by atoms with Crippen LogP contribution < -0.4 is 10.5 Å². The number of nitrogens with zero attached hydrogens (tertiary/aromatic N) is 5. The van der Waals surface area contributed by atoms with Crippen LogP contribution in [0.5, 0.6) is 6.01 Å². The average molecular weight is 270 g/mol. The first-order chi connectivity index (χ1) is 9.70. The van der Waals surface area contributed by atoms with Gasteiger partial charge in [-0.25, -0.2) is 4.98 Å². The smallest absolute Gasteiger partial charge is 0.318 e. The van der Waals surface area contributed by atoms with Crippen LogP contribution in [-0.2, 0) is 6.61 Å². The van der Waals surface area contributed by atoms with E-state index < -0.39 is 5.91 Å². The summed E-state index contributed by atoms with van der Waals surface area (Å²) in [5, 5.41) is 2.92. The molecule has 0 radical (unpaired) electrons. The van der Waals surface area contributed by atoms with Crippen molar-refractivity contribution in [3.63, 3.8) is 0 Å². The summed E-state index contributed by atoms with van der Waals surface area (Å²) in [5.41, 5.74) is 14.7. The normalized spacial score (nSPS) is 9.60. The minimum Gasteiger partial charge on any atom is -0.459 e. The number of azide groups is 1. The Bertz CT molecular complexity index is 667. The Morgan fingerprint density at radius 3 is 2.80 bits per heavy atom. The molecule has 0 saturated carbocycles. The van der Waals surface area contributed by atoms with Crippen LogP contribution in [0.15, 0.2) is 41.6 Å². The lowest BCUT2D eigenvalue weighted by atomic mass is 10.2. The third kappa shape index (κ3) is 3.21. The molecule has 0 saturated heterocycles. The van der Waals surface area contributed by atoms with Crippen molar-refractivity contribution in [2.45, 2.75) is 6.61 Å². The number of ether oxygens (including phenoxy) is 1. The first-order valence-corrected chi connectivity index (χ1v) is 5.59. The molecule has 0 aliphatic heterocycles. The molecule has 0 bridgehead atoms. The monoisotopic (exact) mass is 270 g/mol. The van der Waals surface area contributed by atoms with Crippen LogP contribution in [0.1, 0.15) is 15.9 Å². The summed E-state index contributed by atoms with van der Waals surface area (Å²) in [7, 11) is 0. The van der Waals surface area contributed by atoms with Gasteiger partial charge in [0.15, 0.2) is 0 Å². The second-order valence-corrected chi connectivity index (χ2v) is 3.72. The molecule has 2 aromatic rings. The molecule has 0 unspecified atom stereocenters. The Morgan fingerprint density at radius 1 is 1.40 bits per heavy atom. The van der Waals surface area contributed by atoms with Gasteiger partial charge in [-0.15, -0.1) is 0 Å². The molecule has 1 heterocycles. The molecule has 1 aromatic carbocycles. The molecule has 8 heteroatoms. The second kappa shape index (κ2) is 6.17. The van der Waals surface area contributed by atoms with Crippen molar-refractivity contribution in [1.82, 2.24) is 9.97 Å². The van der Waals surface area contributed by atoms with E-state index in [1.165, 1.54) is 6.20 Å². The Kier molecular flexibility index (Phi) is 4.10. The van der Waals surface area contributed by atoms with Crippen LogP contribution in [0.2, 0.25) is 0 Å². The van der Waals surface area contributed by atoms with E-state index in [-0.39, 0.29) is 24.0 Å². The number of carbonyl (C=O) groups excluding carboxylic acids is 1. The van der Waals surface area contributed by atoms with Gasteiger partial charge < -0.3 is 10.5 Å². The van der Waals surface area contributed by atoms with Gasteiger partial charge in [0.25, 0.3) is 5.91 Å². The fourth-order valence-electron chi connectivity index (χ4n) is 1.43. The van der Waals surface area contributed by atoms with Crippen molar-refractivity contribution in [3.05, 3.63) is 58.1 Å². The number of amides is 1. The highest BCUT2D eigenvalue weighted by atomic mass is 16.5. The van der Waals surface area contributed by atoms with E-state index in [1.807, 2.05) is 30.3 Å². The summed E-state index contributed by atoms with van der Waals surface area (Å²) < 4.78 is 5.35. The van der Waals surface area contributed by atoms with Gasteiger partial charge in [0.05, 0.1) is 5.56 Å². The third-order valence-corrected chi connectivity index (χ3v) is 2.37. The van der Waals surface area contributed by atoms with Gasteiger partial charge in [0.1, 0.15) is 12.4 Å². The summed E-state index contributed by atoms with van der Waals surface area (Å²) in [6, 6.07) is 9.49. The molecule has 8 nitrogen and oxygen atoms in total. The van der Waals surface area contributed by atoms with Crippen LogP contribution in [0.3, 0.4) is 0 Å². The number of nitrogens with two attached hydrogens (primary N) is 1. The number of nitrogen functional groups attached to an aromatic ring is 1. The first-order valence-electron chi connectivity index (χ1n) is 5.59. The molecule has 2 N–H and O–H groups in total. The van der Waals surface area contributed by atoms with Crippen LogP contribution in [-0.4, -0.2) is 15.9 Å². The lowest BCUT2D eigenvalue weighted by Gasteiger charge is -2.06. The quantitative estimate of drug-likeness (QED) is 0.517. The fraction of sp³-hybridized carbons (Fsp3) is 0.0833. The highest BCUT2D eigenvalue weighted by Gasteiger charge is 2.11. The first kappa shape index (κ1) is 13.3. The van der Waals surface area contributed by atoms with Crippen molar-refractivity contribution >= 4 is 11.7 Å². The molecular formula is C12H10N6O2. The molecule has 0 aliphatic rings. The van der Waals surface area contributed by atoms with Crippen LogP contribution >= 0.6 is 0 Å². The third-order valence-electron chi connectivity index (χ3n) is 2.37. The van der Waals surface area contributed by atoms with Gasteiger partial charge in [-0.05, 0) is 16.2 Å². The molecule has 0 atom stereocenters. The van der Waals surface area contributed by atoms with Crippen LogP contribution in [0.4, 0.5) is 5.82 Å². The van der Waals surface area contributed by atoms with Gasteiger partial charge >= 0.3 is 6.01 Å². The number of carbonyl (C=O) groups is 1. The van der Waals surface area contributed by atoms with Crippen LogP contribution in [0.25, 0.3) is 10.4 Å². The second-order valence-electron chi connectivity index (χ2n) is 3.72. The Balaban J connectivity index is 2.09. The van der Waals surface area contributed by atoms with Gasteiger partial charge in [-0.3, -0.25) is 4.79 Å². The molecule has 1 aromatic heterocycles.